The zero-order chi connectivity index (χ0) is 5.66. The molecular formula is C8H14. The molecule has 0 unspecified atom stereocenters. The fourth-order valence-electron chi connectivity index (χ4n) is 1.11. The number of allylic oxidation sites excluding steroid dienone is 2. The summed E-state index contributed by atoms with van der Waals surface area (Å²) in [5.41, 5.74) is 0. The summed E-state index contributed by atoms with van der Waals surface area (Å²) in [5.74, 6) is 0. The molecule has 1 aliphatic rings. The van der Waals surface area contributed by atoms with Crippen LogP contribution >= 0.6 is 0 Å². The first-order valence-corrected chi connectivity index (χ1v) is 3.65. The Morgan fingerprint density at radius 3 is 1.62 bits per heavy atom. The normalized spacial score (nSPS) is 22.0. The van der Waals surface area contributed by atoms with Gasteiger partial charge in [-0.2, -0.15) is 0 Å². The van der Waals surface area contributed by atoms with Gasteiger partial charge in [-0.1, -0.05) is 25.0 Å². The van der Waals surface area contributed by atoms with E-state index in [1.54, 1.807) is 0 Å². The van der Waals surface area contributed by atoms with Crippen molar-refractivity contribution in [3.63, 3.8) is 0 Å². The van der Waals surface area contributed by atoms with Crippen molar-refractivity contribution in [3.8, 4) is 0 Å². The molecule has 8 heavy (non-hydrogen) atoms. The van der Waals surface area contributed by atoms with Crippen LogP contribution in [0.15, 0.2) is 12.2 Å². The van der Waals surface area contributed by atoms with Crippen LogP contribution in [-0.4, -0.2) is 0 Å². The van der Waals surface area contributed by atoms with Crippen LogP contribution in [0.25, 0.3) is 0 Å². The first-order valence-electron chi connectivity index (χ1n) is 3.65. The van der Waals surface area contributed by atoms with Crippen LogP contribution in [0.3, 0.4) is 0 Å². The highest BCUT2D eigenvalue weighted by molar-refractivity contribution is 4.82. The maximum absolute atomic E-state index is 2.32. The molecule has 0 heteroatoms. The molecule has 0 aromatic heterocycles. The Morgan fingerprint density at radius 1 is 0.625 bits per heavy atom. The molecule has 0 saturated carbocycles. The van der Waals surface area contributed by atoms with Crippen LogP contribution in [0.5, 0.6) is 0 Å². The van der Waals surface area contributed by atoms with Crippen molar-refractivity contribution in [1.82, 2.24) is 0 Å². The van der Waals surface area contributed by atoms with Crippen molar-refractivity contribution in [2.75, 3.05) is 0 Å². The van der Waals surface area contributed by atoms with Crippen molar-refractivity contribution in [2.24, 2.45) is 0 Å². The van der Waals surface area contributed by atoms with Crippen LogP contribution in [-0.2, 0) is 0 Å². The Labute approximate surface area is 51.6 Å². The van der Waals surface area contributed by atoms with Gasteiger partial charge in [0.2, 0.25) is 0 Å². The lowest BCUT2D eigenvalue weighted by atomic mass is 10.1. The van der Waals surface area contributed by atoms with Crippen LogP contribution in [0.2, 0.25) is 0 Å². The van der Waals surface area contributed by atoms with E-state index in [9.17, 15) is 0 Å². The third kappa shape index (κ3) is 2.15. The van der Waals surface area contributed by atoms with E-state index < -0.39 is 0 Å². The summed E-state index contributed by atoms with van der Waals surface area (Å²) < 4.78 is 0. The smallest absolute Gasteiger partial charge is 0.0351 e. The standard InChI is InChI=1S/C8H14/c1-2-4-6-8-7-5-3-1/h1-2H,3-8H2. The molecule has 0 atom stereocenters. The van der Waals surface area contributed by atoms with Crippen LogP contribution in [0.4, 0.5) is 0 Å². The topological polar surface area (TPSA) is 0 Å². The van der Waals surface area contributed by atoms with Gasteiger partial charge in [-0.25, -0.2) is 0 Å². The molecular weight excluding hydrogens is 96.1 g/mol. The molecule has 0 fully saturated rings. The highest BCUT2D eigenvalue weighted by Crippen LogP contribution is 2.09. The van der Waals surface area contributed by atoms with Gasteiger partial charge >= 0.3 is 0 Å². The highest BCUT2D eigenvalue weighted by atomic mass is 14.0. The van der Waals surface area contributed by atoms with Gasteiger partial charge in [-0.3, -0.25) is 0 Å². The lowest BCUT2D eigenvalue weighted by Gasteiger charge is -2.00. The minimum absolute atomic E-state index is 1.32. The Kier molecular flexibility index (Phi) is 2.72. The Bertz CT molecular complexity index is 62.1. The minimum Gasteiger partial charge on any atom is -0.0885 e. The number of rotatable bonds is 0. The maximum atomic E-state index is 2.32. The lowest BCUT2D eigenvalue weighted by molar-refractivity contribution is 0.638. The molecule has 0 aromatic rings. The van der Waals surface area contributed by atoms with Crippen molar-refractivity contribution >= 4 is 0 Å². The fourth-order valence-corrected chi connectivity index (χ4v) is 1.11. The van der Waals surface area contributed by atoms with Crippen LogP contribution in [0, 0.1) is 0 Å². The van der Waals surface area contributed by atoms with Gasteiger partial charge in [-0.15, -0.1) is 0 Å². The monoisotopic (exact) mass is 110 g/mol. The summed E-state index contributed by atoms with van der Waals surface area (Å²) >= 11 is 0. The summed E-state index contributed by atoms with van der Waals surface area (Å²) in [6, 6.07) is 0. The molecule has 0 saturated heterocycles. The molecule has 46 valence electrons. The Balaban J connectivity index is 2.17. The quantitative estimate of drug-likeness (QED) is 0.420. The van der Waals surface area contributed by atoms with Gasteiger partial charge in [0.1, 0.15) is 0 Å². The third-order valence-electron chi connectivity index (χ3n) is 1.66. The zero-order valence-electron chi connectivity index (χ0n) is 5.40. The molecule has 0 bridgehead atoms. The van der Waals surface area contributed by atoms with Crippen LogP contribution in [0.1, 0.15) is 38.5 Å². The van der Waals surface area contributed by atoms with Gasteiger partial charge in [0.05, 0.1) is 0 Å². The fraction of sp³-hybridized carbons (Fsp3) is 0.750. The second-order valence-electron chi connectivity index (χ2n) is 2.46. The molecule has 0 radical (unpaired) electrons. The molecule has 1 rings (SSSR count). The summed E-state index contributed by atoms with van der Waals surface area (Å²) in [6.07, 6.45) is 13.0. The molecule has 0 spiro atoms. The first kappa shape index (κ1) is 5.87. The average Bonchev–Trinajstić information content (AvgIpc) is 1.62. The molecule has 0 amide bonds. The number of hydrogen-bond donors (Lipinski definition) is 0. The molecule has 0 aliphatic heterocycles. The summed E-state index contributed by atoms with van der Waals surface area (Å²) in [4.78, 5) is 0. The summed E-state index contributed by atoms with van der Waals surface area (Å²) in [5, 5.41) is 0. The molecule has 0 aromatic carbocycles. The third-order valence-corrected chi connectivity index (χ3v) is 1.66. The van der Waals surface area contributed by atoms with Gasteiger partial charge in [0, 0.05) is 0 Å². The predicted octanol–water partition coefficient (Wildman–Crippen LogP) is 2.90. The van der Waals surface area contributed by atoms with E-state index in [0.29, 0.717) is 0 Å². The summed E-state index contributed by atoms with van der Waals surface area (Å²) in [7, 11) is 0. The van der Waals surface area contributed by atoms with Gasteiger partial charge in [-0.05, 0) is 25.7 Å². The maximum Gasteiger partial charge on any atom is -0.0351 e. The van der Waals surface area contributed by atoms with E-state index >= 15 is 0 Å². The Hall–Kier alpha value is -0.260. The van der Waals surface area contributed by atoms with Crippen molar-refractivity contribution < 1.29 is 0 Å². The number of hydrogen-bond acceptors (Lipinski definition) is 0. The second kappa shape index (κ2) is 3.71. The Morgan fingerprint density at radius 2 is 1.12 bits per heavy atom. The van der Waals surface area contributed by atoms with Gasteiger partial charge < -0.3 is 0 Å². The van der Waals surface area contributed by atoms with Crippen LogP contribution < -0.4 is 0 Å². The van der Waals surface area contributed by atoms with E-state index in [2.05, 4.69) is 12.2 Å². The lowest BCUT2D eigenvalue weighted by Crippen LogP contribution is -1.80. The second-order valence-corrected chi connectivity index (χ2v) is 2.46. The van der Waals surface area contributed by atoms with E-state index in [1.165, 1.54) is 38.5 Å². The summed E-state index contributed by atoms with van der Waals surface area (Å²) in [6.45, 7) is 0. The van der Waals surface area contributed by atoms with Crippen molar-refractivity contribution in [1.29, 1.82) is 0 Å². The van der Waals surface area contributed by atoms with Crippen molar-refractivity contribution in [3.05, 3.63) is 12.2 Å². The highest BCUT2D eigenvalue weighted by Gasteiger charge is 1.89. The van der Waals surface area contributed by atoms with E-state index in [4.69, 9.17) is 0 Å². The van der Waals surface area contributed by atoms with Gasteiger partial charge in [0.15, 0.2) is 0 Å². The molecule has 0 heterocycles. The zero-order valence-corrected chi connectivity index (χ0v) is 5.40. The van der Waals surface area contributed by atoms with Crippen molar-refractivity contribution in [2.45, 2.75) is 38.5 Å². The predicted molar refractivity (Wildman–Crippen MR) is 36.8 cm³/mol. The molecule has 0 nitrogen and oxygen atoms in total. The largest absolute Gasteiger partial charge is 0.0885 e. The van der Waals surface area contributed by atoms with E-state index in [1.807, 2.05) is 0 Å². The van der Waals surface area contributed by atoms with Gasteiger partial charge in [0.25, 0.3) is 0 Å². The SMILES string of the molecule is C1=CCCCCCC1. The molecule has 0 N–H and O–H groups in total. The first-order chi connectivity index (χ1) is 4.00. The van der Waals surface area contributed by atoms with E-state index in [-0.39, 0.29) is 0 Å². The average molecular weight is 110 g/mol. The van der Waals surface area contributed by atoms with E-state index in [0.717, 1.165) is 0 Å². The minimum atomic E-state index is 1.32. The molecule has 1 aliphatic carbocycles.